The lowest BCUT2D eigenvalue weighted by Gasteiger charge is -2.36. The van der Waals surface area contributed by atoms with Crippen molar-refractivity contribution in [1.29, 1.82) is 0 Å². The van der Waals surface area contributed by atoms with Crippen LogP contribution in [0.15, 0.2) is 30.3 Å². The maximum atomic E-state index is 5.08. The molecule has 1 aliphatic rings. The van der Waals surface area contributed by atoms with Crippen LogP contribution in [0, 0.1) is 0 Å². The number of nitrogens with one attached hydrogen (secondary N) is 1. The smallest absolute Gasteiger partial charge is 0.0587 e. The summed E-state index contributed by atoms with van der Waals surface area (Å²) in [5.74, 6) is 0. The second kappa shape index (κ2) is 8.31. The van der Waals surface area contributed by atoms with Crippen molar-refractivity contribution in [2.24, 2.45) is 0 Å². The van der Waals surface area contributed by atoms with Crippen LogP contribution < -0.4 is 5.32 Å². The number of methoxy groups -OCH3 is 1. The Labute approximate surface area is 116 Å². The molecule has 1 N–H and O–H groups in total. The van der Waals surface area contributed by atoms with Crippen LogP contribution in [0.3, 0.4) is 0 Å². The lowest BCUT2D eigenvalue weighted by atomic mass is 10.0. The van der Waals surface area contributed by atoms with Crippen LogP contribution >= 0.6 is 0 Å². The highest BCUT2D eigenvalue weighted by Crippen LogP contribution is 2.19. The predicted molar refractivity (Wildman–Crippen MR) is 79.2 cm³/mol. The SMILES string of the molecule is COCCNCC1CCCCN1Cc1ccccc1. The highest BCUT2D eigenvalue weighted by atomic mass is 16.5. The molecule has 0 aromatic heterocycles. The molecule has 0 saturated carbocycles. The molecule has 1 aromatic carbocycles. The molecule has 0 spiro atoms. The molecule has 1 atom stereocenters. The van der Waals surface area contributed by atoms with E-state index >= 15 is 0 Å². The summed E-state index contributed by atoms with van der Waals surface area (Å²) < 4.78 is 5.08. The number of ether oxygens (including phenoxy) is 1. The minimum atomic E-state index is 0.672. The third kappa shape index (κ3) is 4.94. The van der Waals surface area contributed by atoms with Crippen LogP contribution in [0.5, 0.6) is 0 Å². The molecule has 1 aromatic rings. The van der Waals surface area contributed by atoms with Crippen molar-refractivity contribution in [2.75, 3.05) is 33.4 Å². The van der Waals surface area contributed by atoms with Crippen LogP contribution in [-0.4, -0.2) is 44.3 Å². The summed E-state index contributed by atoms with van der Waals surface area (Å²) in [7, 11) is 1.75. The number of hydrogen-bond acceptors (Lipinski definition) is 3. The molecule has 1 saturated heterocycles. The first-order chi connectivity index (χ1) is 9.40. The molecule has 106 valence electrons. The first-order valence-electron chi connectivity index (χ1n) is 7.38. The number of rotatable bonds is 7. The van der Waals surface area contributed by atoms with Crippen molar-refractivity contribution in [1.82, 2.24) is 10.2 Å². The molecule has 3 heteroatoms. The molecule has 0 radical (unpaired) electrons. The van der Waals surface area contributed by atoms with Crippen molar-refractivity contribution in [3.05, 3.63) is 35.9 Å². The highest BCUT2D eigenvalue weighted by molar-refractivity contribution is 5.14. The largest absolute Gasteiger partial charge is 0.383 e. The van der Waals surface area contributed by atoms with E-state index in [1.54, 1.807) is 7.11 Å². The zero-order valence-electron chi connectivity index (χ0n) is 12.0. The minimum Gasteiger partial charge on any atom is -0.383 e. The summed E-state index contributed by atoms with van der Waals surface area (Å²) in [6.07, 6.45) is 4.01. The lowest BCUT2D eigenvalue weighted by molar-refractivity contribution is 0.133. The minimum absolute atomic E-state index is 0.672. The summed E-state index contributed by atoms with van der Waals surface area (Å²) in [5, 5.41) is 3.51. The standard InChI is InChI=1S/C16H26N2O/c1-19-12-10-17-13-16-9-5-6-11-18(16)14-15-7-3-2-4-8-15/h2-4,7-8,16-17H,5-6,9-14H2,1H3. The van der Waals surface area contributed by atoms with Crippen LogP contribution in [0.4, 0.5) is 0 Å². The molecule has 1 unspecified atom stereocenters. The first kappa shape index (κ1) is 14.5. The van der Waals surface area contributed by atoms with Gasteiger partial charge in [-0.3, -0.25) is 4.90 Å². The summed E-state index contributed by atoms with van der Waals surface area (Å²) in [5.41, 5.74) is 1.42. The van der Waals surface area contributed by atoms with Crippen molar-refractivity contribution in [3.8, 4) is 0 Å². The van der Waals surface area contributed by atoms with E-state index in [1.165, 1.54) is 31.4 Å². The topological polar surface area (TPSA) is 24.5 Å². The van der Waals surface area contributed by atoms with Gasteiger partial charge in [0.25, 0.3) is 0 Å². The second-order valence-corrected chi connectivity index (χ2v) is 5.30. The third-order valence-corrected chi connectivity index (χ3v) is 3.84. The van der Waals surface area contributed by atoms with E-state index in [1.807, 2.05) is 0 Å². The molecule has 19 heavy (non-hydrogen) atoms. The fourth-order valence-corrected chi connectivity index (χ4v) is 2.76. The molecule has 0 aliphatic carbocycles. The number of benzene rings is 1. The van der Waals surface area contributed by atoms with Crippen molar-refractivity contribution in [2.45, 2.75) is 31.8 Å². The van der Waals surface area contributed by atoms with Crippen molar-refractivity contribution in [3.63, 3.8) is 0 Å². The Kier molecular flexibility index (Phi) is 6.34. The Morgan fingerprint density at radius 1 is 1.26 bits per heavy atom. The molecule has 1 fully saturated rings. The van der Waals surface area contributed by atoms with Gasteiger partial charge in [0.1, 0.15) is 0 Å². The molecular formula is C16H26N2O. The first-order valence-corrected chi connectivity index (χ1v) is 7.38. The Hall–Kier alpha value is -0.900. The van der Waals surface area contributed by atoms with Gasteiger partial charge in [-0.25, -0.2) is 0 Å². The highest BCUT2D eigenvalue weighted by Gasteiger charge is 2.21. The Bertz CT molecular complexity index is 342. The quantitative estimate of drug-likeness (QED) is 0.763. The van der Waals surface area contributed by atoms with Crippen molar-refractivity contribution >= 4 is 0 Å². The van der Waals surface area contributed by atoms with Gasteiger partial charge in [0.2, 0.25) is 0 Å². The number of piperidine rings is 1. The van der Waals surface area contributed by atoms with Crippen LogP contribution in [0.2, 0.25) is 0 Å². The maximum absolute atomic E-state index is 5.08. The third-order valence-electron chi connectivity index (χ3n) is 3.84. The predicted octanol–water partition coefficient (Wildman–Crippen LogP) is 2.28. The van der Waals surface area contributed by atoms with Gasteiger partial charge in [-0.05, 0) is 24.9 Å². The second-order valence-electron chi connectivity index (χ2n) is 5.30. The van der Waals surface area contributed by atoms with Gasteiger partial charge >= 0.3 is 0 Å². The zero-order chi connectivity index (χ0) is 13.3. The molecule has 3 nitrogen and oxygen atoms in total. The van der Waals surface area contributed by atoms with Gasteiger partial charge in [0, 0.05) is 32.8 Å². The van der Waals surface area contributed by atoms with Gasteiger partial charge in [-0.1, -0.05) is 36.8 Å². The molecule has 0 bridgehead atoms. The molecular weight excluding hydrogens is 236 g/mol. The number of likely N-dealkylation sites (tertiary alicyclic amines) is 1. The van der Waals surface area contributed by atoms with Gasteiger partial charge in [0.15, 0.2) is 0 Å². The van der Waals surface area contributed by atoms with E-state index < -0.39 is 0 Å². The summed E-state index contributed by atoms with van der Waals surface area (Å²) in [6.45, 7) is 5.14. The lowest BCUT2D eigenvalue weighted by Crippen LogP contribution is -2.45. The maximum Gasteiger partial charge on any atom is 0.0587 e. The van der Waals surface area contributed by atoms with E-state index in [0.29, 0.717) is 6.04 Å². The molecule has 0 amide bonds. The van der Waals surface area contributed by atoms with E-state index in [-0.39, 0.29) is 0 Å². The van der Waals surface area contributed by atoms with Gasteiger partial charge in [-0.2, -0.15) is 0 Å². The fraction of sp³-hybridized carbons (Fsp3) is 0.625. The van der Waals surface area contributed by atoms with Crippen LogP contribution in [0.25, 0.3) is 0 Å². The van der Waals surface area contributed by atoms with E-state index in [9.17, 15) is 0 Å². The van der Waals surface area contributed by atoms with Gasteiger partial charge in [0.05, 0.1) is 6.61 Å². The summed E-state index contributed by atoms with van der Waals surface area (Å²) in [6, 6.07) is 11.5. The van der Waals surface area contributed by atoms with Crippen LogP contribution in [0.1, 0.15) is 24.8 Å². The molecule has 1 heterocycles. The Balaban J connectivity index is 1.82. The Morgan fingerprint density at radius 2 is 2.11 bits per heavy atom. The van der Waals surface area contributed by atoms with E-state index in [0.717, 1.165) is 26.2 Å². The normalized spacial score (nSPS) is 20.6. The average molecular weight is 262 g/mol. The summed E-state index contributed by atoms with van der Waals surface area (Å²) in [4.78, 5) is 2.62. The van der Waals surface area contributed by atoms with Crippen LogP contribution in [-0.2, 0) is 11.3 Å². The monoisotopic (exact) mass is 262 g/mol. The number of nitrogens with zero attached hydrogens (tertiary/aromatic N) is 1. The average Bonchev–Trinajstić information content (AvgIpc) is 2.46. The van der Waals surface area contributed by atoms with Gasteiger partial charge in [-0.15, -0.1) is 0 Å². The molecule has 1 aliphatic heterocycles. The van der Waals surface area contributed by atoms with E-state index in [2.05, 4.69) is 40.5 Å². The molecule has 2 rings (SSSR count). The Morgan fingerprint density at radius 3 is 2.89 bits per heavy atom. The van der Waals surface area contributed by atoms with E-state index in [4.69, 9.17) is 4.74 Å². The zero-order valence-corrected chi connectivity index (χ0v) is 12.0. The number of hydrogen-bond donors (Lipinski definition) is 1. The van der Waals surface area contributed by atoms with Crippen molar-refractivity contribution < 1.29 is 4.74 Å². The summed E-state index contributed by atoms with van der Waals surface area (Å²) >= 11 is 0. The van der Waals surface area contributed by atoms with Gasteiger partial charge < -0.3 is 10.1 Å². The fourth-order valence-electron chi connectivity index (χ4n) is 2.76.